The maximum atomic E-state index is 10.5. The molecule has 0 bridgehead atoms. The Morgan fingerprint density at radius 3 is 2.56 bits per heavy atom. The molecule has 5 nitrogen and oxygen atoms in total. The highest BCUT2D eigenvalue weighted by atomic mass is 16.1. The predicted molar refractivity (Wildman–Crippen MR) is 61.1 cm³/mol. The zero-order valence-corrected chi connectivity index (χ0v) is 8.31. The minimum Gasteiger partial charge on any atom is -0.328 e. The number of aromatic nitrogens is 1. The van der Waals surface area contributed by atoms with Crippen LogP contribution in [-0.2, 0) is 9.59 Å². The van der Waals surface area contributed by atoms with E-state index in [9.17, 15) is 9.59 Å². The number of carbonyl (C=O) groups is 2. The molecule has 2 N–H and O–H groups in total. The molecule has 0 aliphatic rings. The zero-order valence-electron chi connectivity index (χ0n) is 8.31. The molecule has 0 saturated heterocycles. The van der Waals surface area contributed by atoms with Gasteiger partial charge in [-0.15, -0.1) is 0 Å². The number of benzene rings is 1. The second-order valence-electron chi connectivity index (χ2n) is 3.10. The highest BCUT2D eigenvalue weighted by Gasteiger charge is 2.04. The molecule has 1 heterocycles. The summed E-state index contributed by atoms with van der Waals surface area (Å²) in [5.74, 6) is 0.401. The van der Waals surface area contributed by atoms with Gasteiger partial charge in [0.1, 0.15) is 5.82 Å². The summed E-state index contributed by atoms with van der Waals surface area (Å²) in [7, 11) is 0. The Morgan fingerprint density at radius 2 is 1.81 bits per heavy atom. The first-order chi connectivity index (χ1) is 7.85. The number of amides is 2. The van der Waals surface area contributed by atoms with E-state index in [2.05, 4.69) is 15.6 Å². The van der Waals surface area contributed by atoms with Gasteiger partial charge in [0, 0.05) is 11.5 Å². The van der Waals surface area contributed by atoms with Crippen molar-refractivity contribution in [3.63, 3.8) is 0 Å². The molecule has 1 aromatic heterocycles. The number of pyridine rings is 1. The minimum absolute atomic E-state index is 0.401. The van der Waals surface area contributed by atoms with Gasteiger partial charge < -0.3 is 10.6 Å². The summed E-state index contributed by atoms with van der Waals surface area (Å²) in [6.07, 6.45) is 1.13. The highest BCUT2D eigenvalue weighted by molar-refractivity contribution is 5.97. The Morgan fingerprint density at radius 1 is 1.06 bits per heavy atom. The van der Waals surface area contributed by atoms with E-state index in [4.69, 9.17) is 0 Å². The maximum Gasteiger partial charge on any atom is 0.212 e. The molecule has 2 amide bonds. The second kappa shape index (κ2) is 4.39. The van der Waals surface area contributed by atoms with Crippen LogP contribution < -0.4 is 10.6 Å². The lowest BCUT2D eigenvalue weighted by atomic mass is 10.2. The van der Waals surface area contributed by atoms with Gasteiger partial charge in [-0.3, -0.25) is 9.59 Å². The van der Waals surface area contributed by atoms with Gasteiger partial charge in [0.25, 0.3) is 0 Å². The van der Waals surface area contributed by atoms with Crippen molar-refractivity contribution in [3.8, 4) is 0 Å². The van der Waals surface area contributed by atoms with Gasteiger partial charge in [0.2, 0.25) is 12.8 Å². The molecule has 2 aromatic rings. The van der Waals surface area contributed by atoms with Crippen LogP contribution in [0.15, 0.2) is 30.3 Å². The number of hydrogen-bond acceptors (Lipinski definition) is 3. The number of fused-ring (bicyclic) bond motifs is 1. The Bertz CT molecular complexity index is 540. The first kappa shape index (κ1) is 10.1. The molecule has 0 spiro atoms. The van der Waals surface area contributed by atoms with E-state index >= 15 is 0 Å². The van der Waals surface area contributed by atoms with E-state index in [0.29, 0.717) is 29.8 Å². The SMILES string of the molecule is O=CNc1cc(NC=O)c2ccccc2n1. The number of hydrogen-bond donors (Lipinski definition) is 2. The molecule has 1 aromatic carbocycles. The molecule has 2 rings (SSSR count). The van der Waals surface area contributed by atoms with E-state index in [1.165, 1.54) is 0 Å². The molecule has 0 fully saturated rings. The number of anilines is 2. The van der Waals surface area contributed by atoms with Crippen LogP contribution in [0.2, 0.25) is 0 Å². The van der Waals surface area contributed by atoms with Gasteiger partial charge in [0.05, 0.1) is 11.2 Å². The average molecular weight is 215 g/mol. The Balaban J connectivity index is 2.62. The molecule has 0 unspecified atom stereocenters. The first-order valence-electron chi connectivity index (χ1n) is 4.65. The van der Waals surface area contributed by atoms with Crippen molar-refractivity contribution in [3.05, 3.63) is 30.3 Å². The Kier molecular flexibility index (Phi) is 2.77. The van der Waals surface area contributed by atoms with E-state index in [-0.39, 0.29) is 0 Å². The molecular formula is C11H9N3O2. The summed E-state index contributed by atoms with van der Waals surface area (Å²) in [6, 6.07) is 8.95. The van der Waals surface area contributed by atoms with Gasteiger partial charge in [-0.05, 0) is 6.07 Å². The summed E-state index contributed by atoms with van der Waals surface area (Å²) in [5, 5.41) is 5.85. The number of carbonyl (C=O) groups excluding carboxylic acids is 2. The van der Waals surface area contributed by atoms with Crippen molar-refractivity contribution in [1.82, 2.24) is 4.98 Å². The third-order valence-corrected chi connectivity index (χ3v) is 2.14. The molecule has 0 aliphatic heterocycles. The van der Waals surface area contributed by atoms with Crippen molar-refractivity contribution in [1.29, 1.82) is 0 Å². The topological polar surface area (TPSA) is 71.1 Å². The Hall–Kier alpha value is -2.43. The highest BCUT2D eigenvalue weighted by Crippen LogP contribution is 2.24. The van der Waals surface area contributed by atoms with Crippen LogP contribution in [0.5, 0.6) is 0 Å². The quantitative estimate of drug-likeness (QED) is 0.756. The number of nitrogens with one attached hydrogen (secondary N) is 2. The molecule has 0 atom stereocenters. The van der Waals surface area contributed by atoms with Crippen molar-refractivity contribution in [2.75, 3.05) is 10.6 Å². The van der Waals surface area contributed by atoms with Gasteiger partial charge in [0.15, 0.2) is 0 Å². The van der Waals surface area contributed by atoms with Crippen molar-refractivity contribution in [2.24, 2.45) is 0 Å². The average Bonchev–Trinajstić information content (AvgIpc) is 2.30. The molecule has 16 heavy (non-hydrogen) atoms. The molecular weight excluding hydrogens is 206 g/mol. The molecule has 0 saturated carbocycles. The van der Waals surface area contributed by atoms with Gasteiger partial charge in [-0.1, -0.05) is 18.2 Å². The summed E-state index contributed by atoms with van der Waals surface area (Å²) in [4.78, 5) is 25.0. The lowest BCUT2D eigenvalue weighted by Crippen LogP contribution is -2.01. The summed E-state index contributed by atoms with van der Waals surface area (Å²) >= 11 is 0. The van der Waals surface area contributed by atoms with Crippen molar-refractivity contribution >= 4 is 35.2 Å². The van der Waals surface area contributed by atoms with Gasteiger partial charge in [-0.2, -0.15) is 0 Å². The smallest absolute Gasteiger partial charge is 0.212 e. The summed E-state index contributed by atoms with van der Waals surface area (Å²) in [6.45, 7) is 0. The summed E-state index contributed by atoms with van der Waals surface area (Å²) < 4.78 is 0. The van der Waals surface area contributed by atoms with E-state index in [0.717, 1.165) is 5.39 Å². The van der Waals surface area contributed by atoms with Crippen LogP contribution in [0.1, 0.15) is 0 Å². The number of nitrogens with zero attached hydrogens (tertiary/aromatic N) is 1. The van der Waals surface area contributed by atoms with Crippen molar-refractivity contribution in [2.45, 2.75) is 0 Å². The lowest BCUT2D eigenvalue weighted by Gasteiger charge is -2.07. The van der Waals surface area contributed by atoms with Crippen LogP contribution in [0.3, 0.4) is 0 Å². The standard InChI is InChI=1S/C11H9N3O2/c15-6-12-10-5-11(13-7-16)14-9-4-2-1-3-8(9)10/h1-7H,(H2,12,13,14,15,16). The Labute approximate surface area is 91.5 Å². The van der Waals surface area contributed by atoms with E-state index < -0.39 is 0 Å². The van der Waals surface area contributed by atoms with E-state index in [1.54, 1.807) is 12.1 Å². The fourth-order valence-electron chi connectivity index (χ4n) is 1.49. The summed E-state index contributed by atoms with van der Waals surface area (Å²) in [5.41, 5.74) is 1.32. The van der Waals surface area contributed by atoms with Crippen LogP contribution >= 0.6 is 0 Å². The van der Waals surface area contributed by atoms with Crippen LogP contribution in [0.25, 0.3) is 10.9 Å². The van der Waals surface area contributed by atoms with Gasteiger partial charge >= 0.3 is 0 Å². The maximum absolute atomic E-state index is 10.5. The second-order valence-corrected chi connectivity index (χ2v) is 3.10. The van der Waals surface area contributed by atoms with Crippen LogP contribution in [0, 0.1) is 0 Å². The van der Waals surface area contributed by atoms with Crippen LogP contribution in [-0.4, -0.2) is 17.8 Å². The fourth-order valence-corrected chi connectivity index (χ4v) is 1.49. The molecule has 0 radical (unpaired) electrons. The largest absolute Gasteiger partial charge is 0.328 e. The normalized spacial score (nSPS) is 9.75. The molecule has 5 heteroatoms. The van der Waals surface area contributed by atoms with E-state index in [1.807, 2.05) is 18.2 Å². The molecule has 80 valence electrons. The predicted octanol–water partition coefficient (Wildman–Crippen LogP) is 1.37. The fraction of sp³-hybridized carbons (Fsp3) is 0. The lowest BCUT2D eigenvalue weighted by molar-refractivity contribution is -0.106. The minimum atomic E-state index is 0.401. The zero-order chi connectivity index (χ0) is 11.4. The van der Waals surface area contributed by atoms with Crippen LogP contribution in [0.4, 0.5) is 11.5 Å². The first-order valence-corrected chi connectivity index (χ1v) is 4.65. The molecule has 0 aliphatic carbocycles. The van der Waals surface area contributed by atoms with Crippen molar-refractivity contribution < 1.29 is 9.59 Å². The monoisotopic (exact) mass is 215 g/mol. The number of rotatable bonds is 4. The number of para-hydroxylation sites is 1. The third kappa shape index (κ3) is 1.83. The van der Waals surface area contributed by atoms with Gasteiger partial charge in [-0.25, -0.2) is 4.98 Å². The third-order valence-electron chi connectivity index (χ3n) is 2.14.